The molecule has 7 heteroatoms. The van der Waals surface area contributed by atoms with Crippen LogP contribution in [-0.2, 0) is 14.4 Å². The first-order valence-corrected chi connectivity index (χ1v) is 10.1. The highest BCUT2D eigenvalue weighted by Crippen LogP contribution is 2.47. The van der Waals surface area contributed by atoms with E-state index in [1.54, 1.807) is 53.6 Å². The van der Waals surface area contributed by atoms with Gasteiger partial charge in [0.2, 0.25) is 5.91 Å². The van der Waals surface area contributed by atoms with Gasteiger partial charge in [-0.25, -0.2) is 9.96 Å². The zero-order valence-corrected chi connectivity index (χ0v) is 16.9. The maximum absolute atomic E-state index is 13.5. The van der Waals surface area contributed by atoms with Gasteiger partial charge < -0.3 is 0 Å². The van der Waals surface area contributed by atoms with E-state index in [0.29, 0.717) is 16.3 Å². The highest BCUT2D eigenvalue weighted by atomic mass is 35.5. The number of hydrogen-bond donors (Lipinski definition) is 0. The molecule has 6 nitrogen and oxygen atoms in total. The van der Waals surface area contributed by atoms with Crippen molar-refractivity contribution < 1.29 is 14.4 Å². The molecule has 0 N–H and O–H groups in total. The molecule has 3 aromatic carbocycles. The van der Waals surface area contributed by atoms with Crippen molar-refractivity contribution in [2.45, 2.75) is 12.1 Å². The number of hydrogen-bond acceptors (Lipinski definition) is 5. The minimum atomic E-state index is -0.941. The lowest BCUT2D eigenvalue weighted by molar-refractivity contribution is -0.126. The van der Waals surface area contributed by atoms with Gasteiger partial charge in [-0.1, -0.05) is 41.9 Å². The van der Waals surface area contributed by atoms with E-state index in [2.05, 4.69) is 6.07 Å². The second-order valence-corrected chi connectivity index (χ2v) is 7.82. The third-order valence-corrected chi connectivity index (χ3v) is 5.84. The number of carbonyl (C=O) groups excluding carboxylic acids is 2. The van der Waals surface area contributed by atoms with E-state index in [1.165, 1.54) is 4.90 Å². The average molecular weight is 430 g/mol. The minimum absolute atomic E-state index is 0.329. The van der Waals surface area contributed by atoms with Gasteiger partial charge in [0, 0.05) is 5.02 Å². The van der Waals surface area contributed by atoms with E-state index >= 15 is 0 Å². The van der Waals surface area contributed by atoms with Crippen molar-refractivity contribution in [3.8, 4) is 6.07 Å². The first kappa shape index (κ1) is 19.3. The lowest BCUT2D eigenvalue weighted by Gasteiger charge is -2.28. The topological polar surface area (TPSA) is 73.6 Å². The predicted molar refractivity (Wildman–Crippen MR) is 115 cm³/mol. The number of anilines is 2. The van der Waals surface area contributed by atoms with E-state index < -0.39 is 24.0 Å². The van der Waals surface area contributed by atoms with Gasteiger partial charge in [-0.15, -0.1) is 0 Å². The van der Waals surface area contributed by atoms with Crippen LogP contribution in [0.1, 0.15) is 17.2 Å². The van der Waals surface area contributed by atoms with Crippen LogP contribution in [0.15, 0.2) is 78.9 Å². The molecule has 2 amide bonds. The Bertz CT molecular complexity index is 1190. The second kappa shape index (κ2) is 7.55. The number of amides is 2. The Morgan fingerprint density at radius 3 is 2.16 bits per heavy atom. The zero-order valence-electron chi connectivity index (χ0n) is 16.2. The molecule has 152 valence electrons. The van der Waals surface area contributed by atoms with Crippen LogP contribution in [-0.4, -0.2) is 17.9 Å². The maximum atomic E-state index is 13.5. The summed E-state index contributed by atoms with van der Waals surface area (Å²) in [5, 5.41) is 11.3. The Morgan fingerprint density at radius 1 is 0.839 bits per heavy atom. The van der Waals surface area contributed by atoms with Crippen molar-refractivity contribution in [1.29, 1.82) is 5.26 Å². The molecule has 0 unspecified atom stereocenters. The van der Waals surface area contributed by atoms with E-state index in [-0.39, 0.29) is 5.91 Å². The standard InChI is InChI=1S/C24H16ClN3O3/c25-17-10-12-18(13-11-17)27-23(29)20-21(16-8-6-15(14-26)7-9-16)28(31-22(20)24(27)30)19-4-2-1-3-5-19/h1-13,20-22H/t20-,21+,22-/m0/s1. The second-order valence-electron chi connectivity index (χ2n) is 7.38. The molecule has 2 heterocycles. The Kier molecular flexibility index (Phi) is 4.70. The summed E-state index contributed by atoms with van der Waals surface area (Å²) in [5.74, 6) is -1.46. The highest BCUT2D eigenvalue weighted by molar-refractivity contribution is 6.31. The molecule has 0 aromatic heterocycles. The van der Waals surface area contributed by atoms with Crippen molar-refractivity contribution in [2.75, 3.05) is 9.96 Å². The largest absolute Gasteiger partial charge is 0.273 e. The summed E-state index contributed by atoms with van der Waals surface area (Å²) in [7, 11) is 0. The molecule has 2 aliphatic rings. The van der Waals surface area contributed by atoms with Gasteiger partial charge in [-0.05, 0) is 54.1 Å². The maximum Gasteiger partial charge on any atom is 0.266 e. The summed E-state index contributed by atoms with van der Waals surface area (Å²) in [6.07, 6.45) is -0.941. The lowest BCUT2D eigenvalue weighted by Crippen LogP contribution is -2.37. The summed E-state index contributed by atoms with van der Waals surface area (Å²) in [5.41, 5.74) is 2.50. The van der Waals surface area contributed by atoms with Crippen LogP contribution in [0.4, 0.5) is 11.4 Å². The monoisotopic (exact) mass is 429 g/mol. The number of rotatable bonds is 3. The number of benzene rings is 3. The van der Waals surface area contributed by atoms with Crippen LogP contribution in [0.2, 0.25) is 5.02 Å². The van der Waals surface area contributed by atoms with E-state index in [4.69, 9.17) is 21.7 Å². The fourth-order valence-corrected chi connectivity index (χ4v) is 4.28. The Labute approximate surface area is 183 Å². The highest BCUT2D eigenvalue weighted by Gasteiger charge is 2.60. The van der Waals surface area contributed by atoms with Crippen LogP contribution >= 0.6 is 11.6 Å². The van der Waals surface area contributed by atoms with Crippen LogP contribution in [0, 0.1) is 17.2 Å². The SMILES string of the molecule is N#Cc1ccc([C@@H]2[C@@H]3C(=O)N(c4ccc(Cl)cc4)C(=O)[C@H]3ON2c2ccccc2)cc1. The molecule has 2 aliphatic heterocycles. The van der Waals surface area contributed by atoms with Crippen molar-refractivity contribution in [1.82, 2.24) is 0 Å². The molecular weight excluding hydrogens is 414 g/mol. The molecule has 0 radical (unpaired) electrons. The number of carbonyl (C=O) groups is 2. The number of imide groups is 1. The van der Waals surface area contributed by atoms with Gasteiger partial charge in [-0.2, -0.15) is 5.26 Å². The van der Waals surface area contributed by atoms with E-state index in [9.17, 15) is 9.59 Å². The van der Waals surface area contributed by atoms with Gasteiger partial charge in [0.1, 0.15) is 5.92 Å². The third kappa shape index (κ3) is 3.15. The molecule has 3 atom stereocenters. The fraction of sp³-hybridized carbons (Fsp3) is 0.125. The number of nitriles is 1. The molecule has 5 rings (SSSR count). The predicted octanol–water partition coefficient (Wildman–Crippen LogP) is 4.26. The number of hydroxylamine groups is 1. The summed E-state index contributed by atoms with van der Waals surface area (Å²) in [6.45, 7) is 0. The molecule has 31 heavy (non-hydrogen) atoms. The molecule has 0 spiro atoms. The van der Waals surface area contributed by atoms with E-state index in [0.717, 1.165) is 11.3 Å². The smallest absolute Gasteiger partial charge is 0.266 e. The van der Waals surface area contributed by atoms with Gasteiger partial charge in [0.05, 0.1) is 29.0 Å². The van der Waals surface area contributed by atoms with Gasteiger partial charge in [0.15, 0.2) is 6.10 Å². The molecule has 2 saturated heterocycles. The van der Waals surface area contributed by atoms with Gasteiger partial charge in [0.25, 0.3) is 5.91 Å². The number of fused-ring (bicyclic) bond motifs is 1. The number of para-hydroxylation sites is 1. The number of halogens is 1. The Morgan fingerprint density at radius 2 is 1.52 bits per heavy atom. The molecule has 3 aromatic rings. The zero-order chi connectivity index (χ0) is 21.5. The quantitative estimate of drug-likeness (QED) is 0.581. The van der Waals surface area contributed by atoms with Crippen molar-refractivity contribution in [2.24, 2.45) is 5.92 Å². The molecule has 0 aliphatic carbocycles. The Hall–Kier alpha value is -3.66. The summed E-state index contributed by atoms with van der Waals surface area (Å²) in [6, 6.07) is 24.5. The first-order valence-electron chi connectivity index (χ1n) is 9.73. The summed E-state index contributed by atoms with van der Waals surface area (Å²) in [4.78, 5) is 33.9. The first-order chi connectivity index (χ1) is 15.1. The van der Waals surface area contributed by atoms with Crippen LogP contribution in [0.25, 0.3) is 0 Å². The molecule has 0 bridgehead atoms. The average Bonchev–Trinajstić information content (AvgIpc) is 3.31. The molecule has 2 fully saturated rings. The Balaban J connectivity index is 1.58. The normalized spacial score (nSPS) is 22.5. The van der Waals surface area contributed by atoms with Crippen molar-refractivity contribution in [3.05, 3.63) is 95.0 Å². The summed E-state index contributed by atoms with van der Waals surface area (Å²) < 4.78 is 0. The molecule has 0 saturated carbocycles. The van der Waals surface area contributed by atoms with Gasteiger partial charge in [-0.3, -0.25) is 14.4 Å². The van der Waals surface area contributed by atoms with Crippen LogP contribution in [0.5, 0.6) is 0 Å². The number of nitrogens with zero attached hydrogens (tertiary/aromatic N) is 3. The third-order valence-electron chi connectivity index (χ3n) is 5.59. The van der Waals surface area contributed by atoms with Crippen LogP contribution in [0.3, 0.4) is 0 Å². The van der Waals surface area contributed by atoms with Gasteiger partial charge >= 0.3 is 0 Å². The van der Waals surface area contributed by atoms with Crippen molar-refractivity contribution >= 4 is 34.8 Å². The fourth-order valence-electron chi connectivity index (χ4n) is 4.15. The molecular formula is C24H16ClN3O3. The van der Waals surface area contributed by atoms with Crippen LogP contribution < -0.4 is 9.96 Å². The lowest BCUT2D eigenvalue weighted by atomic mass is 9.90. The summed E-state index contributed by atoms with van der Waals surface area (Å²) >= 11 is 5.96. The minimum Gasteiger partial charge on any atom is -0.273 e. The van der Waals surface area contributed by atoms with E-state index in [1.807, 2.05) is 30.3 Å². The van der Waals surface area contributed by atoms with Crippen molar-refractivity contribution in [3.63, 3.8) is 0 Å².